The van der Waals surface area contributed by atoms with Crippen LogP contribution in [0, 0.1) is 6.92 Å². The van der Waals surface area contributed by atoms with Crippen LogP contribution in [0.1, 0.15) is 79.5 Å². The average molecular weight is 800 g/mol. The smallest absolute Gasteiger partial charge is 0.197 e. The highest BCUT2D eigenvalue weighted by molar-refractivity contribution is 6.73. The monoisotopic (exact) mass is 799 g/mol. The van der Waals surface area contributed by atoms with Gasteiger partial charge in [-0.2, -0.15) is 0 Å². The van der Waals surface area contributed by atoms with Crippen molar-refractivity contribution in [3.05, 3.63) is 209 Å². The molecule has 1 aliphatic carbocycles. The number of hydrogen-bond donors (Lipinski definition) is 1. The summed E-state index contributed by atoms with van der Waals surface area (Å²) in [7, 11) is 2.43. The number of anilines is 5. The Morgan fingerprint density at radius 2 is 1.21 bits per heavy atom. The first-order valence-electron chi connectivity index (χ1n) is 22.1. The highest BCUT2D eigenvalue weighted by Gasteiger charge is 2.48. The quantitative estimate of drug-likeness (QED) is 0.176. The van der Waals surface area contributed by atoms with Gasteiger partial charge >= 0.3 is 0 Å². The van der Waals surface area contributed by atoms with Gasteiger partial charge in [0.05, 0.1) is 11.1 Å². The highest BCUT2D eigenvalue weighted by Crippen LogP contribution is 2.58. The van der Waals surface area contributed by atoms with Gasteiger partial charge in [-0.1, -0.05) is 161 Å². The zero-order valence-corrected chi connectivity index (χ0v) is 36.0. The first kappa shape index (κ1) is 37.0. The maximum atomic E-state index is 6.65. The molecule has 0 saturated carbocycles. The minimum atomic E-state index is -0.527. The molecule has 0 bridgehead atoms. The summed E-state index contributed by atoms with van der Waals surface area (Å²) in [5, 5.41) is 6.24. The van der Waals surface area contributed by atoms with Crippen molar-refractivity contribution in [2.75, 3.05) is 10.2 Å². The Hall–Kier alpha value is -6.78. The van der Waals surface area contributed by atoms with E-state index in [0.717, 1.165) is 38.9 Å². The number of benzene rings is 8. The zero-order chi connectivity index (χ0) is 42.0. The summed E-state index contributed by atoms with van der Waals surface area (Å²) >= 11 is 0. The molecule has 299 valence electrons. The molecule has 1 aromatic heterocycles. The van der Waals surface area contributed by atoms with Crippen molar-refractivity contribution in [1.82, 2.24) is 0 Å². The number of nitrogens with zero attached hydrogens (tertiary/aromatic N) is 1. The van der Waals surface area contributed by atoms with E-state index in [2.05, 4.69) is 222 Å². The predicted octanol–water partition coefficient (Wildman–Crippen LogP) is 13.8. The summed E-state index contributed by atoms with van der Waals surface area (Å²) in [6, 6.07) is 63.0. The minimum Gasteiger partial charge on any atom is -0.456 e. The Kier molecular flexibility index (Phi) is 7.98. The van der Waals surface area contributed by atoms with Crippen LogP contribution in [-0.4, -0.2) is 7.28 Å². The van der Waals surface area contributed by atoms with E-state index in [9.17, 15) is 0 Å². The van der Waals surface area contributed by atoms with E-state index in [1.54, 1.807) is 0 Å². The van der Waals surface area contributed by atoms with Gasteiger partial charge in [0.2, 0.25) is 0 Å². The standard InChI is InChI=1S/C58H48BN2O/c1-36-31-43(41-35-53-42(40-21-12-15-26-52(40)62-53)34-49(41)60-39-27-28-44-47(33-39)57(4,5)30-29-56(44,2)3)54-51(32-36)61-50-25-14-13-22-45(50)58(37-17-8-6-9-18-37,38-19-10-7-11-20-38)46-23-16-24-48(59-54)55(46)61/h6-28,31-35,60H,29-30H2,1-5H3. The van der Waals surface area contributed by atoms with Crippen molar-refractivity contribution in [1.29, 1.82) is 0 Å². The number of rotatable bonds is 5. The summed E-state index contributed by atoms with van der Waals surface area (Å²) in [4.78, 5) is 2.55. The molecule has 1 radical (unpaired) electrons. The normalized spacial score (nSPS) is 16.2. The molecule has 0 saturated heterocycles. The van der Waals surface area contributed by atoms with Crippen LogP contribution < -0.4 is 21.1 Å². The molecule has 1 N–H and O–H groups in total. The fraction of sp³-hybridized carbons (Fsp3) is 0.172. The summed E-state index contributed by atoms with van der Waals surface area (Å²) in [6.45, 7) is 11.8. The minimum absolute atomic E-state index is 0.0935. The van der Waals surface area contributed by atoms with E-state index in [0.29, 0.717) is 0 Å². The van der Waals surface area contributed by atoms with Gasteiger partial charge in [0.25, 0.3) is 0 Å². The lowest BCUT2D eigenvalue weighted by Gasteiger charge is -2.49. The van der Waals surface area contributed by atoms with Gasteiger partial charge in [-0.25, -0.2) is 0 Å². The molecule has 3 nitrogen and oxygen atoms in total. The molecular weight excluding hydrogens is 751 g/mol. The van der Waals surface area contributed by atoms with E-state index in [4.69, 9.17) is 4.42 Å². The van der Waals surface area contributed by atoms with Crippen LogP contribution >= 0.6 is 0 Å². The molecule has 0 amide bonds. The molecule has 3 aliphatic rings. The first-order valence-corrected chi connectivity index (χ1v) is 22.1. The summed E-state index contributed by atoms with van der Waals surface area (Å²) in [6.07, 6.45) is 2.36. The molecule has 9 aromatic rings. The summed E-state index contributed by atoms with van der Waals surface area (Å²) < 4.78 is 6.65. The van der Waals surface area contributed by atoms with E-state index >= 15 is 0 Å². The molecular formula is C58H48BN2O. The Morgan fingerprint density at radius 1 is 0.532 bits per heavy atom. The van der Waals surface area contributed by atoms with Gasteiger partial charge in [0, 0.05) is 39.1 Å². The summed E-state index contributed by atoms with van der Waals surface area (Å²) in [5.41, 5.74) is 21.1. The number of fused-ring (bicyclic) bond motifs is 8. The molecule has 8 aromatic carbocycles. The Morgan fingerprint density at radius 3 is 1.98 bits per heavy atom. The van der Waals surface area contributed by atoms with Crippen molar-refractivity contribution in [3.8, 4) is 11.1 Å². The topological polar surface area (TPSA) is 28.4 Å². The van der Waals surface area contributed by atoms with Crippen LogP contribution in [0.25, 0.3) is 33.1 Å². The second-order valence-corrected chi connectivity index (χ2v) is 19.1. The van der Waals surface area contributed by atoms with Gasteiger partial charge in [0.1, 0.15) is 11.2 Å². The predicted molar refractivity (Wildman–Crippen MR) is 260 cm³/mol. The fourth-order valence-corrected chi connectivity index (χ4v) is 11.3. The molecule has 12 rings (SSSR count). The lowest BCUT2D eigenvalue weighted by atomic mass is 9.54. The molecule has 0 atom stereocenters. The molecule has 0 unspecified atom stereocenters. The third kappa shape index (κ3) is 5.32. The molecule has 0 fully saturated rings. The van der Waals surface area contributed by atoms with Crippen molar-refractivity contribution in [2.45, 2.75) is 63.7 Å². The number of nitrogens with one attached hydrogen (secondary N) is 1. The van der Waals surface area contributed by atoms with Crippen LogP contribution in [0.5, 0.6) is 0 Å². The van der Waals surface area contributed by atoms with Crippen LogP contribution in [0.2, 0.25) is 0 Å². The van der Waals surface area contributed by atoms with Gasteiger partial charge in [-0.3, -0.25) is 0 Å². The average Bonchev–Trinajstić information content (AvgIpc) is 3.66. The maximum Gasteiger partial charge on any atom is 0.197 e. The SMILES string of the molecule is Cc1cc(-c2cc3oc4ccccc4c3cc2Nc2ccc3c(c2)C(C)(C)CCC3(C)C)c2c(c1)N1c3ccccc3C(c3ccccc3)(c3ccccc3)c3cccc(c31)[B]2. The first-order chi connectivity index (χ1) is 30.1. The van der Waals surface area contributed by atoms with Crippen molar-refractivity contribution in [2.24, 2.45) is 0 Å². The Labute approximate surface area is 365 Å². The number of para-hydroxylation sites is 3. The molecule has 3 heterocycles. The van der Waals surface area contributed by atoms with Gasteiger partial charge in [-0.15, -0.1) is 0 Å². The van der Waals surface area contributed by atoms with Crippen molar-refractivity contribution >= 4 is 68.6 Å². The lowest BCUT2D eigenvalue weighted by molar-refractivity contribution is 0.332. The van der Waals surface area contributed by atoms with Crippen LogP contribution in [0.4, 0.5) is 28.4 Å². The maximum absolute atomic E-state index is 6.65. The molecule has 62 heavy (non-hydrogen) atoms. The fourth-order valence-electron chi connectivity index (χ4n) is 11.3. The Bertz CT molecular complexity index is 3230. The van der Waals surface area contributed by atoms with E-state index in [-0.39, 0.29) is 10.8 Å². The molecule has 4 heteroatoms. The van der Waals surface area contributed by atoms with Crippen molar-refractivity contribution < 1.29 is 4.42 Å². The van der Waals surface area contributed by atoms with Crippen LogP contribution in [0.15, 0.2) is 174 Å². The van der Waals surface area contributed by atoms with Crippen molar-refractivity contribution in [3.63, 3.8) is 0 Å². The van der Waals surface area contributed by atoms with Crippen LogP contribution in [-0.2, 0) is 16.2 Å². The zero-order valence-electron chi connectivity index (χ0n) is 36.0. The van der Waals surface area contributed by atoms with Gasteiger partial charge < -0.3 is 14.6 Å². The Balaban J connectivity index is 1.10. The molecule has 0 spiro atoms. The van der Waals surface area contributed by atoms with E-state index in [1.807, 2.05) is 0 Å². The number of aryl methyl sites for hydroxylation is 1. The van der Waals surface area contributed by atoms with Crippen LogP contribution in [0.3, 0.4) is 0 Å². The highest BCUT2D eigenvalue weighted by atomic mass is 16.3. The van der Waals surface area contributed by atoms with Gasteiger partial charge in [-0.05, 0) is 123 Å². The number of hydrogen-bond acceptors (Lipinski definition) is 3. The lowest BCUT2D eigenvalue weighted by Crippen LogP contribution is -2.47. The number of furan rings is 1. The van der Waals surface area contributed by atoms with Gasteiger partial charge in [0.15, 0.2) is 7.28 Å². The summed E-state index contributed by atoms with van der Waals surface area (Å²) in [5.74, 6) is 0. The molecule has 2 aliphatic heterocycles. The second-order valence-electron chi connectivity index (χ2n) is 19.1. The second kappa shape index (κ2) is 13.4. The third-order valence-corrected chi connectivity index (χ3v) is 14.4. The van der Waals surface area contributed by atoms with E-state index < -0.39 is 5.41 Å². The largest absolute Gasteiger partial charge is 0.456 e. The third-order valence-electron chi connectivity index (χ3n) is 14.4. The van der Waals surface area contributed by atoms with E-state index in [1.165, 1.54) is 85.3 Å².